The van der Waals surface area contributed by atoms with E-state index < -0.39 is 23.4 Å². The number of amides is 1. The van der Waals surface area contributed by atoms with E-state index in [1.165, 1.54) is 7.11 Å². The molecule has 1 aromatic rings. The number of likely N-dealkylation sites (tertiary alicyclic amines) is 1. The van der Waals surface area contributed by atoms with Crippen molar-refractivity contribution in [2.75, 3.05) is 26.8 Å². The van der Waals surface area contributed by atoms with E-state index in [1.807, 2.05) is 13.0 Å². The van der Waals surface area contributed by atoms with E-state index in [0.29, 0.717) is 18.8 Å². The molecule has 2 fully saturated rings. The molecule has 2 heterocycles. The van der Waals surface area contributed by atoms with Gasteiger partial charge < -0.3 is 29.3 Å². The van der Waals surface area contributed by atoms with Gasteiger partial charge in [0.2, 0.25) is 0 Å². The minimum Gasteiger partial charge on any atom is -0.504 e. The van der Waals surface area contributed by atoms with Crippen molar-refractivity contribution in [3.63, 3.8) is 0 Å². The molecule has 2 N–H and O–H groups in total. The number of carbonyl (C=O) groups is 1. The lowest BCUT2D eigenvalue weighted by molar-refractivity contribution is -0.159. The first-order valence-electron chi connectivity index (χ1n) is 9.23. The molecule has 27 heavy (non-hydrogen) atoms. The largest absolute Gasteiger partial charge is 0.504 e. The number of hydrogen-bond acceptors (Lipinski definition) is 6. The lowest BCUT2D eigenvalue weighted by atomic mass is 9.72. The van der Waals surface area contributed by atoms with Crippen LogP contribution in [0.25, 0.3) is 0 Å². The minimum atomic E-state index is -0.769. The van der Waals surface area contributed by atoms with Crippen LogP contribution >= 0.6 is 0 Å². The molecule has 1 amide bonds. The molecule has 7 nitrogen and oxygen atoms in total. The molecular formula is C20H29NO6. The normalized spacial score (nSPS) is 31.1. The molecule has 3 rings (SSSR count). The predicted octanol–water partition coefficient (Wildman–Crippen LogP) is 1.87. The van der Waals surface area contributed by atoms with E-state index in [1.54, 1.807) is 37.8 Å². The van der Waals surface area contributed by atoms with E-state index in [4.69, 9.17) is 14.2 Å². The number of nitrogens with zero attached hydrogens (tertiary/aromatic N) is 1. The standard InChI is InChI=1S/C20H29NO6/c1-12(22)20(4)11-21(18(24)17-10-26-19(2,3)27-17)9-14(20)13-6-7-16(25-5)15(23)8-13/h6-8,12,14,17,22-23H,9-11H2,1-5H3/t12?,14-,17-,20-/m0/s1. The first kappa shape index (κ1) is 19.9. The number of carbonyl (C=O) groups excluding carboxylic acids is 1. The van der Waals surface area contributed by atoms with Gasteiger partial charge in [-0.3, -0.25) is 4.79 Å². The Morgan fingerprint density at radius 3 is 2.59 bits per heavy atom. The van der Waals surface area contributed by atoms with Gasteiger partial charge in [-0.05, 0) is 38.5 Å². The van der Waals surface area contributed by atoms with E-state index in [-0.39, 0.29) is 24.2 Å². The summed E-state index contributed by atoms with van der Waals surface area (Å²) < 4.78 is 16.3. The molecule has 150 valence electrons. The topological polar surface area (TPSA) is 88.5 Å². The number of aliphatic hydroxyl groups is 1. The number of benzene rings is 1. The van der Waals surface area contributed by atoms with Crippen molar-refractivity contribution in [1.29, 1.82) is 0 Å². The van der Waals surface area contributed by atoms with Crippen molar-refractivity contribution in [2.45, 2.75) is 51.6 Å². The van der Waals surface area contributed by atoms with Gasteiger partial charge in [-0.1, -0.05) is 13.0 Å². The van der Waals surface area contributed by atoms with Gasteiger partial charge in [-0.2, -0.15) is 0 Å². The van der Waals surface area contributed by atoms with Crippen molar-refractivity contribution < 1.29 is 29.2 Å². The Morgan fingerprint density at radius 1 is 1.37 bits per heavy atom. The van der Waals surface area contributed by atoms with Crippen molar-refractivity contribution in [1.82, 2.24) is 4.90 Å². The highest BCUT2D eigenvalue weighted by Crippen LogP contribution is 2.47. The maximum absolute atomic E-state index is 13.0. The second-order valence-electron chi connectivity index (χ2n) is 8.20. The Labute approximate surface area is 159 Å². The van der Waals surface area contributed by atoms with Crippen LogP contribution in [0.4, 0.5) is 0 Å². The highest BCUT2D eigenvalue weighted by atomic mass is 16.7. The number of methoxy groups -OCH3 is 1. The van der Waals surface area contributed by atoms with Gasteiger partial charge in [0, 0.05) is 24.4 Å². The Bertz CT molecular complexity index is 718. The average Bonchev–Trinajstić information content (AvgIpc) is 3.15. The van der Waals surface area contributed by atoms with Crippen molar-refractivity contribution in [2.24, 2.45) is 5.41 Å². The number of aliphatic hydroxyl groups excluding tert-OH is 1. The zero-order valence-corrected chi connectivity index (χ0v) is 16.6. The van der Waals surface area contributed by atoms with Gasteiger partial charge in [0.1, 0.15) is 0 Å². The highest BCUT2D eigenvalue weighted by molar-refractivity contribution is 5.82. The summed E-state index contributed by atoms with van der Waals surface area (Å²) in [6, 6.07) is 5.22. The second kappa shape index (κ2) is 6.96. The number of aromatic hydroxyl groups is 1. The zero-order valence-electron chi connectivity index (χ0n) is 16.6. The highest BCUT2D eigenvalue weighted by Gasteiger charge is 2.50. The van der Waals surface area contributed by atoms with Crippen LogP contribution in [0.2, 0.25) is 0 Å². The fourth-order valence-electron chi connectivity index (χ4n) is 4.03. The van der Waals surface area contributed by atoms with Crippen LogP contribution in [-0.4, -0.2) is 65.8 Å². The summed E-state index contributed by atoms with van der Waals surface area (Å²) in [5, 5.41) is 20.6. The molecule has 0 saturated carbocycles. The van der Waals surface area contributed by atoms with Crippen molar-refractivity contribution >= 4 is 5.91 Å². The summed E-state index contributed by atoms with van der Waals surface area (Å²) in [5.74, 6) is -0.597. The maximum atomic E-state index is 13.0. The molecule has 1 aromatic carbocycles. The van der Waals surface area contributed by atoms with Gasteiger partial charge in [0.25, 0.3) is 5.91 Å². The Balaban J connectivity index is 1.85. The zero-order chi connectivity index (χ0) is 20.0. The molecule has 0 aromatic heterocycles. The molecule has 0 aliphatic carbocycles. The maximum Gasteiger partial charge on any atom is 0.254 e. The number of rotatable bonds is 4. The lowest BCUT2D eigenvalue weighted by Crippen LogP contribution is -2.42. The summed E-state index contributed by atoms with van der Waals surface area (Å²) in [6.45, 7) is 8.34. The van der Waals surface area contributed by atoms with Crippen molar-refractivity contribution in [3.8, 4) is 11.5 Å². The predicted molar refractivity (Wildman–Crippen MR) is 98.7 cm³/mol. The van der Waals surface area contributed by atoms with Crippen LogP contribution in [-0.2, 0) is 14.3 Å². The van der Waals surface area contributed by atoms with Crippen LogP contribution in [0.5, 0.6) is 11.5 Å². The molecule has 0 bridgehead atoms. The number of hydrogen-bond donors (Lipinski definition) is 2. The third-order valence-corrected chi connectivity index (χ3v) is 5.89. The second-order valence-corrected chi connectivity index (χ2v) is 8.20. The molecule has 0 spiro atoms. The van der Waals surface area contributed by atoms with Gasteiger partial charge in [0.05, 0.1) is 19.8 Å². The number of ether oxygens (including phenoxy) is 3. The smallest absolute Gasteiger partial charge is 0.254 e. The summed E-state index contributed by atoms with van der Waals surface area (Å²) in [6.07, 6.45) is -1.27. The minimum absolute atomic E-state index is 0.0435. The van der Waals surface area contributed by atoms with E-state index in [0.717, 1.165) is 5.56 Å². The van der Waals surface area contributed by atoms with Crippen LogP contribution in [0.3, 0.4) is 0 Å². The summed E-state index contributed by atoms with van der Waals surface area (Å²) >= 11 is 0. The summed E-state index contributed by atoms with van der Waals surface area (Å²) in [4.78, 5) is 14.7. The van der Waals surface area contributed by atoms with Crippen molar-refractivity contribution in [3.05, 3.63) is 23.8 Å². The molecular weight excluding hydrogens is 350 g/mol. The monoisotopic (exact) mass is 379 g/mol. The lowest BCUT2D eigenvalue weighted by Gasteiger charge is -2.33. The van der Waals surface area contributed by atoms with E-state index in [9.17, 15) is 15.0 Å². The summed E-state index contributed by atoms with van der Waals surface area (Å²) in [7, 11) is 1.50. The Hall–Kier alpha value is -1.83. The van der Waals surface area contributed by atoms with Crippen LogP contribution in [0.1, 0.15) is 39.2 Å². The molecule has 1 unspecified atom stereocenters. The quantitative estimate of drug-likeness (QED) is 0.830. The molecule has 0 radical (unpaired) electrons. The van der Waals surface area contributed by atoms with E-state index >= 15 is 0 Å². The van der Waals surface area contributed by atoms with Crippen LogP contribution < -0.4 is 4.74 Å². The molecule has 2 aliphatic heterocycles. The Morgan fingerprint density at radius 2 is 2.07 bits per heavy atom. The molecule has 4 atom stereocenters. The number of phenols is 1. The average molecular weight is 379 g/mol. The van der Waals surface area contributed by atoms with Gasteiger partial charge >= 0.3 is 0 Å². The fraction of sp³-hybridized carbons (Fsp3) is 0.650. The SMILES string of the molecule is COc1ccc([C@@H]2CN(C(=O)[C@@H]3COC(C)(C)O3)C[C@@]2(C)C(C)O)cc1O. The molecule has 2 aliphatic rings. The third kappa shape index (κ3) is 3.63. The Kier molecular flexibility index (Phi) is 5.14. The third-order valence-electron chi connectivity index (χ3n) is 5.89. The van der Waals surface area contributed by atoms with Gasteiger partial charge in [0.15, 0.2) is 23.4 Å². The summed E-state index contributed by atoms with van der Waals surface area (Å²) in [5.41, 5.74) is 0.307. The van der Waals surface area contributed by atoms with Crippen LogP contribution in [0, 0.1) is 5.41 Å². The first-order valence-corrected chi connectivity index (χ1v) is 9.23. The van der Waals surface area contributed by atoms with Gasteiger partial charge in [-0.15, -0.1) is 0 Å². The van der Waals surface area contributed by atoms with Crippen LogP contribution in [0.15, 0.2) is 18.2 Å². The molecule has 2 saturated heterocycles. The fourth-order valence-corrected chi connectivity index (χ4v) is 4.03. The van der Waals surface area contributed by atoms with E-state index in [2.05, 4.69) is 0 Å². The number of phenolic OH excluding ortho intramolecular Hbond substituents is 1. The van der Waals surface area contributed by atoms with Gasteiger partial charge in [-0.25, -0.2) is 0 Å². The molecule has 7 heteroatoms. The first-order chi connectivity index (χ1) is 12.6.